The molecule has 38 heavy (non-hydrogen) atoms. The summed E-state index contributed by atoms with van der Waals surface area (Å²) in [7, 11) is 1.28. The molecule has 0 spiro atoms. The van der Waals surface area contributed by atoms with Crippen LogP contribution in [0.25, 0.3) is 6.08 Å². The molecule has 0 aliphatic carbocycles. The van der Waals surface area contributed by atoms with Crippen molar-refractivity contribution in [1.29, 1.82) is 0 Å². The molecule has 1 aliphatic heterocycles. The molecule has 3 aromatic rings. The second-order valence-corrected chi connectivity index (χ2v) is 9.01. The van der Waals surface area contributed by atoms with E-state index in [1.165, 1.54) is 29.2 Å². The quantitative estimate of drug-likeness (QED) is 0.390. The number of ether oxygens (including phenoxy) is 4. The van der Waals surface area contributed by atoms with Crippen molar-refractivity contribution in [1.82, 2.24) is 4.57 Å². The number of hydrogen-bond donors (Lipinski definition) is 1. The van der Waals surface area contributed by atoms with Crippen molar-refractivity contribution in [2.75, 3.05) is 26.9 Å². The van der Waals surface area contributed by atoms with E-state index in [1.54, 1.807) is 48.5 Å². The lowest BCUT2D eigenvalue weighted by molar-refractivity contribution is -0.139. The number of aliphatic carboxylic acids is 1. The van der Waals surface area contributed by atoms with Crippen molar-refractivity contribution < 1.29 is 33.6 Å². The van der Waals surface area contributed by atoms with Crippen molar-refractivity contribution in [2.24, 2.45) is 4.99 Å². The molecule has 10 nitrogen and oxygen atoms in total. The van der Waals surface area contributed by atoms with Gasteiger partial charge in [0.15, 0.2) is 22.9 Å². The monoisotopic (exact) mass is 538 g/mol. The van der Waals surface area contributed by atoms with E-state index in [0.717, 1.165) is 0 Å². The Labute approximate surface area is 221 Å². The van der Waals surface area contributed by atoms with E-state index in [9.17, 15) is 14.4 Å². The molecular formula is C27H26N2O8S. The first-order valence-corrected chi connectivity index (χ1v) is 12.6. The molecule has 2 aromatic carbocycles. The van der Waals surface area contributed by atoms with Crippen LogP contribution in [0.5, 0.6) is 17.2 Å². The zero-order valence-corrected chi connectivity index (χ0v) is 21.8. The molecule has 0 bridgehead atoms. The topological polar surface area (TPSA) is 126 Å². The maximum atomic E-state index is 13.6. The Kier molecular flexibility index (Phi) is 8.27. The van der Waals surface area contributed by atoms with Crippen molar-refractivity contribution in [3.63, 3.8) is 0 Å². The molecule has 11 heteroatoms. The molecule has 1 N–H and O–H groups in total. The van der Waals surface area contributed by atoms with E-state index in [4.69, 9.17) is 24.1 Å². The van der Waals surface area contributed by atoms with Gasteiger partial charge in [0, 0.05) is 6.20 Å². The summed E-state index contributed by atoms with van der Waals surface area (Å²) in [6.45, 7) is 4.14. The molecule has 4 rings (SSSR count). The van der Waals surface area contributed by atoms with Crippen LogP contribution in [0, 0.1) is 0 Å². The van der Waals surface area contributed by atoms with E-state index in [0.29, 0.717) is 50.9 Å². The van der Waals surface area contributed by atoms with Crippen molar-refractivity contribution >= 4 is 29.4 Å². The third kappa shape index (κ3) is 5.62. The molecule has 0 saturated carbocycles. The lowest BCUT2D eigenvalue weighted by Crippen LogP contribution is -2.39. The number of esters is 1. The first kappa shape index (κ1) is 26.7. The lowest BCUT2D eigenvalue weighted by atomic mass is 9.97. The summed E-state index contributed by atoms with van der Waals surface area (Å²) in [5.41, 5.74) is 1.22. The largest absolute Gasteiger partial charge is 0.490 e. The predicted molar refractivity (Wildman–Crippen MR) is 140 cm³/mol. The van der Waals surface area contributed by atoms with Gasteiger partial charge in [0.25, 0.3) is 5.56 Å². The molecule has 0 amide bonds. The fourth-order valence-electron chi connectivity index (χ4n) is 3.94. The number of carbonyl (C=O) groups is 2. The Bertz CT molecular complexity index is 1550. The van der Waals surface area contributed by atoms with Crippen LogP contribution in [0.15, 0.2) is 64.0 Å². The van der Waals surface area contributed by atoms with Gasteiger partial charge in [-0.3, -0.25) is 9.36 Å². The lowest BCUT2D eigenvalue weighted by Gasteiger charge is -2.23. The average molecular weight is 539 g/mol. The van der Waals surface area contributed by atoms with Crippen LogP contribution in [0.3, 0.4) is 0 Å². The van der Waals surface area contributed by atoms with E-state index in [2.05, 4.69) is 4.99 Å². The van der Waals surface area contributed by atoms with Crippen LogP contribution in [0.4, 0.5) is 0 Å². The third-order valence-corrected chi connectivity index (χ3v) is 6.55. The summed E-state index contributed by atoms with van der Waals surface area (Å²) >= 11 is 1.19. The van der Waals surface area contributed by atoms with Gasteiger partial charge in [-0.15, -0.1) is 0 Å². The Morgan fingerprint density at radius 3 is 2.42 bits per heavy atom. The van der Waals surface area contributed by atoms with Gasteiger partial charge in [0.2, 0.25) is 0 Å². The van der Waals surface area contributed by atoms with Crippen LogP contribution in [0.1, 0.15) is 31.0 Å². The average Bonchev–Trinajstić information content (AvgIpc) is 3.23. The summed E-state index contributed by atoms with van der Waals surface area (Å²) in [6, 6.07) is 11.2. The zero-order chi connectivity index (χ0) is 27.2. The Hall–Kier alpha value is -4.38. The van der Waals surface area contributed by atoms with Crippen molar-refractivity contribution in [3.8, 4) is 17.2 Å². The summed E-state index contributed by atoms with van der Waals surface area (Å²) in [6.07, 6.45) is 3.13. The minimum absolute atomic E-state index is 0.206. The number of hydrogen-bond acceptors (Lipinski definition) is 9. The van der Waals surface area contributed by atoms with E-state index in [-0.39, 0.29) is 11.1 Å². The minimum atomic E-state index is -1.07. The van der Waals surface area contributed by atoms with E-state index >= 15 is 0 Å². The van der Waals surface area contributed by atoms with Crippen LogP contribution < -0.4 is 29.1 Å². The van der Waals surface area contributed by atoms with Gasteiger partial charge in [0.1, 0.15) is 5.75 Å². The zero-order valence-electron chi connectivity index (χ0n) is 21.0. The van der Waals surface area contributed by atoms with Gasteiger partial charge < -0.3 is 24.1 Å². The molecule has 1 aliphatic rings. The molecule has 0 unspecified atom stereocenters. The van der Waals surface area contributed by atoms with Gasteiger partial charge in [-0.1, -0.05) is 29.5 Å². The number of thiazole rings is 1. The summed E-state index contributed by atoms with van der Waals surface area (Å²) < 4.78 is 23.5. The van der Waals surface area contributed by atoms with E-state index < -0.39 is 24.6 Å². The van der Waals surface area contributed by atoms with E-state index in [1.807, 2.05) is 13.8 Å². The molecule has 198 valence electrons. The van der Waals surface area contributed by atoms with Crippen LogP contribution in [-0.2, 0) is 14.3 Å². The SMILES string of the molecule is CCOc1ccc([C@@H]2C(C(=O)OC)=CN=c3s/c(=C\c4ccc(OCC(=O)O)cc4)c(=O)n32)cc1OCC. The first-order valence-electron chi connectivity index (χ1n) is 11.8. The molecule has 2 heterocycles. The number of fused-ring (bicyclic) bond motifs is 1. The number of methoxy groups -OCH3 is 1. The molecule has 1 atom stereocenters. The van der Waals surface area contributed by atoms with Crippen LogP contribution in [0.2, 0.25) is 0 Å². The first-order chi connectivity index (χ1) is 18.4. The second kappa shape index (κ2) is 11.8. The Balaban J connectivity index is 1.79. The number of carboxylic acid groups (broad SMARTS) is 1. The summed E-state index contributed by atoms with van der Waals surface area (Å²) in [4.78, 5) is 41.8. The highest BCUT2D eigenvalue weighted by atomic mass is 32.1. The number of nitrogens with zero attached hydrogens (tertiary/aromatic N) is 2. The molecule has 0 saturated heterocycles. The number of benzene rings is 2. The number of carbonyl (C=O) groups excluding carboxylic acids is 1. The summed E-state index contributed by atoms with van der Waals surface area (Å²) in [5.74, 6) is -0.214. The smallest absolute Gasteiger partial charge is 0.341 e. The number of rotatable bonds is 10. The van der Waals surface area contributed by atoms with Crippen LogP contribution in [-0.4, -0.2) is 48.5 Å². The van der Waals surface area contributed by atoms with Crippen molar-refractivity contribution in [2.45, 2.75) is 19.9 Å². The van der Waals surface area contributed by atoms with Gasteiger partial charge in [0.05, 0.1) is 36.5 Å². The maximum absolute atomic E-state index is 13.6. The summed E-state index contributed by atoms with van der Waals surface area (Å²) in [5, 5.41) is 8.76. The fourth-order valence-corrected chi connectivity index (χ4v) is 4.91. The molecular weight excluding hydrogens is 512 g/mol. The highest BCUT2D eigenvalue weighted by molar-refractivity contribution is 7.07. The van der Waals surface area contributed by atoms with Gasteiger partial charge in [-0.25, -0.2) is 14.6 Å². The maximum Gasteiger partial charge on any atom is 0.341 e. The highest BCUT2D eigenvalue weighted by Gasteiger charge is 2.31. The number of carboxylic acids is 1. The standard InChI is InChI=1S/C27H26N2O8S/c1-4-35-20-11-8-17(13-21(20)36-5-2)24-19(26(33)34-3)14-28-27-29(24)25(32)22(38-27)12-16-6-9-18(10-7-16)37-15-23(30)31/h6-14,24H,4-5,15H2,1-3H3,(H,30,31)/b22-12-/t24-/m1/s1. The predicted octanol–water partition coefficient (Wildman–Crippen LogP) is 2.28. The van der Waals surface area contributed by atoms with Crippen LogP contribution >= 0.6 is 11.3 Å². The van der Waals surface area contributed by atoms with Crippen molar-refractivity contribution in [3.05, 3.63) is 85.1 Å². The molecule has 1 aromatic heterocycles. The van der Waals surface area contributed by atoms with Gasteiger partial charge in [-0.2, -0.15) is 0 Å². The Morgan fingerprint density at radius 1 is 1.05 bits per heavy atom. The highest BCUT2D eigenvalue weighted by Crippen LogP contribution is 2.35. The normalized spacial score (nSPS) is 14.7. The minimum Gasteiger partial charge on any atom is -0.490 e. The van der Waals surface area contributed by atoms with Gasteiger partial charge >= 0.3 is 11.9 Å². The molecule has 0 radical (unpaired) electrons. The Morgan fingerprint density at radius 2 is 1.76 bits per heavy atom. The third-order valence-electron chi connectivity index (χ3n) is 5.55. The molecule has 0 fully saturated rings. The fraction of sp³-hybridized carbons (Fsp3) is 0.259. The van der Waals surface area contributed by atoms with Gasteiger partial charge in [-0.05, 0) is 55.3 Å². The number of aromatic nitrogens is 1. The second-order valence-electron chi connectivity index (χ2n) is 8.00.